The molecule has 0 spiro atoms. The molecule has 5 nitrogen and oxygen atoms in total. The lowest BCUT2D eigenvalue weighted by molar-refractivity contribution is 0.523. The average Bonchev–Trinajstić information content (AvgIpc) is 2.21. The molecule has 0 aromatic heterocycles. The van der Waals surface area contributed by atoms with Crippen molar-refractivity contribution in [2.75, 3.05) is 30.8 Å². The molecule has 0 aliphatic rings. The molecule has 0 heterocycles. The molecular formula is C10H16N3O2S-. The second-order valence-electron chi connectivity index (χ2n) is 3.59. The lowest BCUT2D eigenvalue weighted by atomic mass is 10.2. The summed E-state index contributed by atoms with van der Waals surface area (Å²) in [6, 6.07) is 5.74. The third kappa shape index (κ3) is 3.80. The van der Waals surface area contributed by atoms with Gasteiger partial charge in [0.05, 0.1) is 0 Å². The van der Waals surface area contributed by atoms with Crippen LogP contribution in [0.2, 0.25) is 0 Å². The second kappa shape index (κ2) is 5.83. The smallest absolute Gasteiger partial charge is 0.0368 e. The Hall–Kier alpha value is -1.11. The Morgan fingerprint density at radius 1 is 1.56 bits per heavy atom. The van der Waals surface area contributed by atoms with Crippen molar-refractivity contribution in [3.8, 4) is 0 Å². The van der Waals surface area contributed by atoms with Gasteiger partial charge in [-0.25, -0.2) is 4.72 Å². The summed E-state index contributed by atoms with van der Waals surface area (Å²) in [7, 11) is 1.90. The molecule has 1 aromatic rings. The van der Waals surface area contributed by atoms with Gasteiger partial charge in [0.2, 0.25) is 0 Å². The number of anilines is 2. The van der Waals surface area contributed by atoms with E-state index in [9.17, 15) is 8.76 Å². The van der Waals surface area contributed by atoms with E-state index >= 15 is 0 Å². The lowest BCUT2D eigenvalue weighted by Gasteiger charge is -2.20. The van der Waals surface area contributed by atoms with Crippen LogP contribution in [-0.2, 0) is 11.3 Å². The summed E-state index contributed by atoms with van der Waals surface area (Å²) >= 11 is -2.19. The maximum atomic E-state index is 10.3. The highest BCUT2D eigenvalue weighted by molar-refractivity contribution is 7.77. The fraction of sp³-hybridized carbons (Fsp3) is 0.400. The fourth-order valence-corrected chi connectivity index (χ4v) is 1.58. The molecule has 0 aliphatic carbocycles. The number of hydrogen-bond donors (Lipinski definition) is 2. The summed E-state index contributed by atoms with van der Waals surface area (Å²) in [5, 5.41) is 0. The molecule has 0 radical (unpaired) electrons. The van der Waals surface area contributed by atoms with Gasteiger partial charge in [-0.2, -0.15) is 0 Å². The van der Waals surface area contributed by atoms with Crippen LogP contribution < -0.4 is 15.4 Å². The molecule has 0 aliphatic heterocycles. The van der Waals surface area contributed by atoms with E-state index in [1.807, 2.05) is 37.1 Å². The summed E-state index contributed by atoms with van der Waals surface area (Å²) in [5.41, 5.74) is 8.51. The van der Waals surface area contributed by atoms with Crippen LogP contribution in [0.4, 0.5) is 11.4 Å². The van der Waals surface area contributed by atoms with Gasteiger partial charge >= 0.3 is 0 Å². The van der Waals surface area contributed by atoms with Crippen molar-refractivity contribution in [2.24, 2.45) is 0 Å². The highest BCUT2D eigenvalue weighted by Crippen LogP contribution is 2.19. The van der Waals surface area contributed by atoms with Crippen LogP contribution in [-0.4, -0.2) is 28.9 Å². The Balaban J connectivity index is 2.55. The van der Waals surface area contributed by atoms with E-state index in [-0.39, 0.29) is 0 Å². The summed E-state index contributed by atoms with van der Waals surface area (Å²) in [4.78, 5) is 1.96. The highest BCUT2D eigenvalue weighted by Gasteiger charge is 2.02. The van der Waals surface area contributed by atoms with Crippen molar-refractivity contribution in [2.45, 2.75) is 6.92 Å². The first-order valence-corrected chi connectivity index (χ1v) is 5.98. The Bertz CT molecular complexity index is 384. The molecule has 3 N–H and O–H groups in total. The number of likely N-dealkylation sites (N-methyl/N-ethyl adjacent to an activating group) is 1. The van der Waals surface area contributed by atoms with Crippen molar-refractivity contribution < 1.29 is 8.76 Å². The number of nitrogens with two attached hydrogens (primary N) is 1. The Labute approximate surface area is 98.1 Å². The monoisotopic (exact) mass is 242 g/mol. The van der Waals surface area contributed by atoms with Crippen molar-refractivity contribution in [3.63, 3.8) is 0 Å². The van der Waals surface area contributed by atoms with Crippen molar-refractivity contribution in [1.29, 1.82) is 0 Å². The summed E-state index contributed by atoms with van der Waals surface area (Å²) < 4.78 is 22.9. The van der Waals surface area contributed by atoms with E-state index in [1.54, 1.807) is 0 Å². The predicted molar refractivity (Wildman–Crippen MR) is 65.8 cm³/mol. The third-order valence-corrected chi connectivity index (χ3v) is 2.80. The molecule has 90 valence electrons. The number of nitrogen functional groups attached to an aromatic ring is 1. The summed E-state index contributed by atoms with van der Waals surface area (Å²) in [6.45, 7) is 2.94. The van der Waals surface area contributed by atoms with Crippen LogP contribution in [0.3, 0.4) is 0 Å². The minimum Gasteiger partial charge on any atom is -0.760 e. The summed E-state index contributed by atoms with van der Waals surface area (Å²) in [6.07, 6.45) is 0. The molecule has 16 heavy (non-hydrogen) atoms. The first-order chi connectivity index (χ1) is 7.50. The number of nitrogens with one attached hydrogen (secondary N) is 1. The first kappa shape index (κ1) is 13.0. The van der Waals surface area contributed by atoms with Crippen LogP contribution in [0.5, 0.6) is 0 Å². The van der Waals surface area contributed by atoms with Crippen LogP contribution >= 0.6 is 0 Å². The quantitative estimate of drug-likeness (QED) is 0.578. The zero-order valence-electron chi connectivity index (χ0n) is 9.40. The molecule has 1 atom stereocenters. The molecule has 0 saturated carbocycles. The largest absolute Gasteiger partial charge is 0.760 e. The van der Waals surface area contributed by atoms with Crippen LogP contribution in [0.15, 0.2) is 18.2 Å². The van der Waals surface area contributed by atoms with Gasteiger partial charge in [0, 0.05) is 42.8 Å². The molecule has 0 bridgehead atoms. The predicted octanol–water partition coefficient (Wildman–Crippen LogP) is 0.397. The molecule has 1 unspecified atom stereocenters. The van der Waals surface area contributed by atoms with Gasteiger partial charge in [0.15, 0.2) is 0 Å². The second-order valence-corrected chi connectivity index (χ2v) is 4.35. The summed E-state index contributed by atoms with van der Waals surface area (Å²) in [5.74, 6) is 0. The molecule has 0 amide bonds. The van der Waals surface area contributed by atoms with Crippen LogP contribution in [0, 0.1) is 6.92 Å². The van der Waals surface area contributed by atoms with E-state index in [1.165, 1.54) is 0 Å². The molecule has 1 rings (SSSR count). The van der Waals surface area contributed by atoms with Gasteiger partial charge in [-0.15, -0.1) is 0 Å². The van der Waals surface area contributed by atoms with E-state index in [4.69, 9.17) is 5.73 Å². The van der Waals surface area contributed by atoms with E-state index in [0.29, 0.717) is 13.1 Å². The lowest BCUT2D eigenvalue weighted by Crippen LogP contribution is -2.30. The molecule has 0 saturated heterocycles. The number of rotatable bonds is 5. The SMILES string of the molecule is Cc1cc(N(C)CCNS(=O)[O-])ccc1N. The van der Waals surface area contributed by atoms with Crippen molar-refractivity contribution >= 4 is 22.6 Å². The molecule has 0 fully saturated rings. The maximum Gasteiger partial charge on any atom is 0.0368 e. The van der Waals surface area contributed by atoms with E-state index < -0.39 is 11.3 Å². The molecular weight excluding hydrogens is 226 g/mol. The average molecular weight is 242 g/mol. The van der Waals surface area contributed by atoms with E-state index in [2.05, 4.69) is 4.72 Å². The standard InChI is InChI=1S/C10H17N3O2S/c1-8-7-9(3-4-10(8)11)13(2)6-5-12-16(14)15/h3-4,7,12H,5-6,11H2,1-2H3,(H,14,15)/p-1. The van der Waals surface area contributed by atoms with Gasteiger partial charge < -0.3 is 15.2 Å². The zero-order valence-corrected chi connectivity index (χ0v) is 10.2. The topological polar surface area (TPSA) is 81.4 Å². The number of nitrogens with zero attached hydrogens (tertiary/aromatic N) is 1. The Kier molecular flexibility index (Phi) is 4.72. The third-order valence-electron chi connectivity index (χ3n) is 2.36. The van der Waals surface area contributed by atoms with E-state index in [0.717, 1.165) is 16.9 Å². The number of hydrogen-bond acceptors (Lipinski definition) is 4. The minimum atomic E-state index is -2.19. The highest BCUT2D eigenvalue weighted by atomic mass is 32.2. The Morgan fingerprint density at radius 2 is 2.25 bits per heavy atom. The van der Waals surface area contributed by atoms with Crippen LogP contribution in [0.1, 0.15) is 5.56 Å². The van der Waals surface area contributed by atoms with Gasteiger partial charge in [0.25, 0.3) is 0 Å². The molecule has 1 aromatic carbocycles. The molecule has 6 heteroatoms. The maximum absolute atomic E-state index is 10.3. The van der Waals surface area contributed by atoms with Gasteiger partial charge in [-0.1, -0.05) is 0 Å². The number of aryl methyl sites for hydroxylation is 1. The van der Waals surface area contributed by atoms with Gasteiger partial charge in [-0.05, 0) is 30.7 Å². The van der Waals surface area contributed by atoms with Gasteiger partial charge in [0.1, 0.15) is 0 Å². The zero-order chi connectivity index (χ0) is 12.1. The minimum absolute atomic E-state index is 0.385. The van der Waals surface area contributed by atoms with Crippen LogP contribution in [0.25, 0.3) is 0 Å². The van der Waals surface area contributed by atoms with Crippen molar-refractivity contribution in [1.82, 2.24) is 4.72 Å². The fourth-order valence-electron chi connectivity index (χ4n) is 1.32. The normalized spacial score (nSPS) is 12.4. The Morgan fingerprint density at radius 3 is 2.81 bits per heavy atom. The van der Waals surface area contributed by atoms with Crippen molar-refractivity contribution in [3.05, 3.63) is 23.8 Å². The number of benzene rings is 1. The van der Waals surface area contributed by atoms with Gasteiger partial charge in [-0.3, -0.25) is 4.21 Å². The first-order valence-electron chi connectivity index (χ1n) is 4.90.